The van der Waals surface area contributed by atoms with E-state index in [4.69, 9.17) is 17.7 Å². The standard InChI is InChI=1S/C11H13ClO2/c1-11(2)5-7-3-9(12)4-8(6-13)10(7)14-11/h3-4,13H,5-6H2,1-2H3/i6D. The molecule has 0 saturated carbocycles. The molecule has 0 spiro atoms. The maximum absolute atomic E-state index is 9.31. The molecule has 0 radical (unpaired) electrons. The molecule has 76 valence electrons. The van der Waals surface area contributed by atoms with Gasteiger partial charge in [0.05, 0.1) is 7.95 Å². The lowest BCUT2D eigenvalue weighted by atomic mass is 10.0. The minimum absolute atomic E-state index is 0.281. The summed E-state index contributed by atoms with van der Waals surface area (Å²) in [4.78, 5) is 0. The minimum Gasteiger partial charge on any atom is -0.487 e. The molecule has 1 N–H and O–H groups in total. The summed E-state index contributed by atoms with van der Waals surface area (Å²) >= 11 is 5.92. The van der Waals surface area contributed by atoms with Gasteiger partial charge in [0.2, 0.25) is 0 Å². The fourth-order valence-corrected chi connectivity index (χ4v) is 2.05. The van der Waals surface area contributed by atoms with Gasteiger partial charge in [0, 0.05) is 17.0 Å². The highest BCUT2D eigenvalue weighted by molar-refractivity contribution is 6.30. The first kappa shape index (κ1) is 8.57. The number of aliphatic hydroxyl groups is 1. The summed E-state index contributed by atoms with van der Waals surface area (Å²) in [5, 5.41) is 9.85. The average molecular weight is 214 g/mol. The SMILES string of the molecule is [2H]C(O)c1cc(Cl)cc2c1OC(C)(C)C2. The zero-order chi connectivity index (χ0) is 11.2. The number of hydrogen-bond acceptors (Lipinski definition) is 2. The Kier molecular flexibility index (Phi) is 1.92. The number of aliphatic hydroxyl groups excluding tert-OH is 1. The van der Waals surface area contributed by atoms with E-state index in [1.54, 1.807) is 6.07 Å². The topological polar surface area (TPSA) is 29.5 Å². The van der Waals surface area contributed by atoms with Crippen molar-refractivity contribution < 1.29 is 11.2 Å². The highest BCUT2D eigenvalue weighted by Gasteiger charge is 2.31. The van der Waals surface area contributed by atoms with Crippen LogP contribution in [0.3, 0.4) is 0 Å². The van der Waals surface area contributed by atoms with Crippen LogP contribution in [0, 0.1) is 0 Å². The Hall–Kier alpha value is -0.730. The molecule has 1 aromatic carbocycles. The third-order valence-corrected chi connectivity index (χ3v) is 2.51. The molecule has 1 heterocycles. The Morgan fingerprint density at radius 1 is 1.64 bits per heavy atom. The third kappa shape index (κ3) is 1.60. The van der Waals surface area contributed by atoms with E-state index in [9.17, 15) is 5.11 Å². The monoisotopic (exact) mass is 213 g/mol. The van der Waals surface area contributed by atoms with Gasteiger partial charge in [0.15, 0.2) is 0 Å². The smallest absolute Gasteiger partial charge is 0.129 e. The molecule has 1 atom stereocenters. The van der Waals surface area contributed by atoms with Gasteiger partial charge in [0.1, 0.15) is 11.4 Å². The summed E-state index contributed by atoms with van der Waals surface area (Å²) in [5.74, 6) is 0.618. The van der Waals surface area contributed by atoms with Crippen molar-refractivity contribution in [2.75, 3.05) is 0 Å². The number of fused-ring (bicyclic) bond motifs is 1. The molecule has 3 heteroatoms. The molecule has 0 amide bonds. The van der Waals surface area contributed by atoms with Crippen LogP contribution in [0.5, 0.6) is 5.75 Å². The molecule has 0 fully saturated rings. The quantitative estimate of drug-likeness (QED) is 0.777. The number of ether oxygens (including phenoxy) is 1. The van der Waals surface area contributed by atoms with Crippen LogP contribution in [0.15, 0.2) is 12.1 Å². The molecule has 2 rings (SSSR count). The molecule has 0 aromatic heterocycles. The Morgan fingerprint density at radius 2 is 2.36 bits per heavy atom. The number of benzene rings is 1. The summed E-state index contributed by atoms with van der Waals surface area (Å²) in [6.07, 6.45) is 0.753. The Bertz CT molecular complexity index is 402. The van der Waals surface area contributed by atoms with Crippen LogP contribution in [-0.4, -0.2) is 10.7 Å². The van der Waals surface area contributed by atoms with E-state index < -0.39 is 6.58 Å². The molecular weight excluding hydrogens is 200 g/mol. The van der Waals surface area contributed by atoms with Crippen molar-refractivity contribution in [3.05, 3.63) is 28.3 Å². The van der Waals surface area contributed by atoms with Crippen molar-refractivity contribution in [2.24, 2.45) is 0 Å². The second-order valence-electron chi connectivity index (χ2n) is 4.15. The van der Waals surface area contributed by atoms with Crippen molar-refractivity contribution >= 4 is 11.6 Å². The van der Waals surface area contributed by atoms with E-state index in [1.807, 2.05) is 19.9 Å². The van der Waals surface area contributed by atoms with E-state index >= 15 is 0 Å². The first-order chi connectivity index (χ1) is 6.89. The summed E-state index contributed by atoms with van der Waals surface area (Å²) in [5.41, 5.74) is 1.13. The fraction of sp³-hybridized carbons (Fsp3) is 0.455. The number of rotatable bonds is 1. The van der Waals surface area contributed by atoms with E-state index in [2.05, 4.69) is 0 Å². The van der Waals surface area contributed by atoms with Crippen LogP contribution in [-0.2, 0) is 13.0 Å². The van der Waals surface area contributed by atoms with Crippen LogP contribution < -0.4 is 4.74 Å². The highest BCUT2D eigenvalue weighted by atomic mass is 35.5. The molecule has 14 heavy (non-hydrogen) atoms. The van der Waals surface area contributed by atoms with Gasteiger partial charge in [-0.05, 0) is 31.5 Å². The lowest BCUT2D eigenvalue weighted by Gasteiger charge is -2.17. The maximum Gasteiger partial charge on any atom is 0.129 e. The Morgan fingerprint density at radius 3 is 3.00 bits per heavy atom. The van der Waals surface area contributed by atoms with Crippen LogP contribution in [0.4, 0.5) is 0 Å². The third-order valence-electron chi connectivity index (χ3n) is 2.29. The molecule has 0 aliphatic carbocycles. The first-order valence-electron chi connectivity index (χ1n) is 5.08. The van der Waals surface area contributed by atoms with E-state index in [-0.39, 0.29) is 5.60 Å². The van der Waals surface area contributed by atoms with Gasteiger partial charge in [-0.2, -0.15) is 0 Å². The predicted octanol–water partition coefficient (Wildman–Crippen LogP) is 2.55. The number of halogens is 1. The van der Waals surface area contributed by atoms with Crippen molar-refractivity contribution in [3.8, 4) is 5.75 Å². The van der Waals surface area contributed by atoms with Crippen LogP contribution in [0.2, 0.25) is 5.02 Å². The first-order valence-corrected chi connectivity index (χ1v) is 4.88. The van der Waals surface area contributed by atoms with E-state index in [0.717, 1.165) is 12.0 Å². The largest absolute Gasteiger partial charge is 0.487 e. The van der Waals surface area contributed by atoms with Crippen molar-refractivity contribution in [1.82, 2.24) is 0 Å². The lowest BCUT2D eigenvalue weighted by Crippen LogP contribution is -2.24. The van der Waals surface area contributed by atoms with Crippen LogP contribution in [0.25, 0.3) is 0 Å². The molecule has 2 nitrogen and oxygen atoms in total. The summed E-state index contributed by atoms with van der Waals surface area (Å²) in [6, 6.07) is 3.41. The summed E-state index contributed by atoms with van der Waals surface area (Å²) in [7, 11) is 0. The second-order valence-corrected chi connectivity index (χ2v) is 4.59. The normalized spacial score (nSPS) is 21.0. The minimum atomic E-state index is -1.30. The van der Waals surface area contributed by atoms with Gasteiger partial charge in [-0.25, -0.2) is 0 Å². The van der Waals surface area contributed by atoms with Gasteiger partial charge in [-0.1, -0.05) is 11.6 Å². The molecule has 0 bridgehead atoms. The Balaban J connectivity index is 2.53. The molecular formula is C11H13ClO2. The second kappa shape index (κ2) is 3.14. The predicted molar refractivity (Wildman–Crippen MR) is 55.8 cm³/mol. The zero-order valence-electron chi connectivity index (χ0n) is 9.17. The van der Waals surface area contributed by atoms with Gasteiger partial charge < -0.3 is 9.84 Å². The zero-order valence-corrected chi connectivity index (χ0v) is 8.93. The maximum atomic E-state index is 9.31. The fourth-order valence-electron chi connectivity index (χ4n) is 1.80. The van der Waals surface area contributed by atoms with Crippen molar-refractivity contribution in [2.45, 2.75) is 32.5 Å². The van der Waals surface area contributed by atoms with Gasteiger partial charge in [0.25, 0.3) is 0 Å². The van der Waals surface area contributed by atoms with Crippen LogP contribution in [0.1, 0.15) is 26.3 Å². The molecule has 0 saturated heterocycles. The van der Waals surface area contributed by atoms with Gasteiger partial charge in [-0.3, -0.25) is 0 Å². The Labute approximate surface area is 89.9 Å². The van der Waals surface area contributed by atoms with E-state index in [1.165, 1.54) is 0 Å². The lowest BCUT2D eigenvalue weighted by molar-refractivity contribution is 0.134. The van der Waals surface area contributed by atoms with Crippen molar-refractivity contribution in [3.63, 3.8) is 0 Å². The van der Waals surface area contributed by atoms with E-state index in [0.29, 0.717) is 16.3 Å². The van der Waals surface area contributed by atoms with Gasteiger partial charge in [-0.15, -0.1) is 0 Å². The molecule has 1 aliphatic heterocycles. The average Bonchev–Trinajstić information content (AvgIpc) is 2.36. The summed E-state index contributed by atoms with van der Waals surface area (Å²) < 4.78 is 13.0. The van der Waals surface area contributed by atoms with Crippen molar-refractivity contribution in [1.29, 1.82) is 0 Å². The van der Waals surface area contributed by atoms with Gasteiger partial charge >= 0.3 is 0 Å². The molecule has 1 aliphatic rings. The summed E-state index contributed by atoms with van der Waals surface area (Å²) in [6.45, 7) is 2.65. The highest BCUT2D eigenvalue weighted by Crippen LogP contribution is 2.39. The molecule has 1 aromatic rings. The van der Waals surface area contributed by atoms with Crippen LogP contribution >= 0.6 is 11.6 Å². The number of hydrogen-bond donors (Lipinski definition) is 1. The molecule has 1 unspecified atom stereocenters.